The maximum absolute atomic E-state index is 10.8. The molecule has 0 spiro atoms. The summed E-state index contributed by atoms with van der Waals surface area (Å²) in [5.41, 5.74) is -0.00203. The summed E-state index contributed by atoms with van der Waals surface area (Å²) in [6, 6.07) is 4.66. The first-order valence-corrected chi connectivity index (χ1v) is 5.81. The Hall–Kier alpha value is -1.82. The highest BCUT2D eigenvalue weighted by molar-refractivity contribution is 5.60. The van der Waals surface area contributed by atoms with E-state index in [1.165, 1.54) is 12.1 Å². The van der Waals surface area contributed by atoms with Gasteiger partial charge in [0.25, 0.3) is 5.69 Å². The van der Waals surface area contributed by atoms with Crippen molar-refractivity contribution in [1.29, 1.82) is 0 Å². The Labute approximate surface area is 105 Å². The van der Waals surface area contributed by atoms with Crippen molar-refractivity contribution in [3.8, 4) is 5.75 Å². The van der Waals surface area contributed by atoms with Crippen LogP contribution in [0.1, 0.15) is 13.8 Å². The van der Waals surface area contributed by atoms with E-state index >= 15 is 0 Å². The number of nitro groups is 1. The Morgan fingerprint density at radius 3 is 2.67 bits per heavy atom. The van der Waals surface area contributed by atoms with Crippen molar-refractivity contribution in [1.82, 2.24) is 0 Å². The van der Waals surface area contributed by atoms with Crippen molar-refractivity contribution in [3.05, 3.63) is 28.3 Å². The third-order valence-electron chi connectivity index (χ3n) is 2.83. The van der Waals surface area contributed by atoms with Crippen LogP contribution in [0.15, 0.2) is 18.2 Å². The van der Waals surface area contributed by atoms with E-state index in [0.29, 0.717) is 31.1 Å². The summed E-state index contributed by atoms with van der Waals surface area (Å²) in [5.74, 6) is 0.480. The van der Waals surface area contributed by atoms with Crippen molar-refractivity contribution >= 4 is 11.4 Å². The van der Waals surface area contributed by atoms with Gasteiger partial charge in [-0.3, -0.25) is 10.1 Å². The van der Waals surface area contributed by atoms with Gasteiger partial charge in [0.1, 0.15) is 5.75 Å². The van der Waals surface area contributed by atoms with Crippen LogP contribution in [0.3, 0.4) is 0 Å². The highest BCUT2D eigenvalue weighted by atomic mass is 16.6. The largest absolute Gasteiger partial charge is 0.494 e. The summed E-state index contributed by atoms with van der Waals surface area (Å²) in [5, 5.41) is 20.5. The van der Waals surface area contributed by atoms with Crippen molar-refractivity contribution < 1.29 is 14.8 Å². The van der Waals surface area contributed by atoms with Crippen LogP contribution < -0.4 is 9.64 Å². The molecule has 1 fully saturated rings. The van der Waals surface area contributed by atoms with Crippen LogP contribution in [0.25, 0.3) is 0 Å². The molecule has 0 aliphatic carbocycles. The quantitative estimate of drug-likeness (QED) is 0.650. The molecule has 0 amide bonds. The molecule has 0 bridgehead atoms. The second kappa shape index (κ2) is 4.45. The third-order valence-corrected chi connectivity index (χ3v) is 2.83. The number of nitrogens with zero attached hydrogens (tertiary/aromatic N) is 2. The van der Waals surface area contributed by atoms with E-state index in [1.54, 1.807) is 13.0 Å². The van der Waals surface area contributed by atoms with Gasteiger partial charge in [-0.1, -0.05) is 0 Å². The topological polar surface area (TPSA) is 75.8 Å². The van der Waals surface area contributed by atoms with E-state index in [4.69, 9.17) is 4.74 Å². The minimum absolute atomic E-state index is 0.00231. The zero-order chi connectivity index (χ0) is 13.3. The number of benzene rings is 1. The van der Waals surface area contributed by atoms with Gasteiger partial charge in [0, 0.05) is 30.9 Å². The predicted molar refractivity (Wildman–Crippen MR) is 67.1 cm³/mol. The molecule has 6 nitrogen and oxygen atoms in total. The zero-order valence-electron chi connectivity index (χ0n) is 10.4. The summed E-state index contributed by atoms with van der Waals surface area (Å²) in [6.45, 7) is 4.97. The Bertz CT molecular complexity index is 465. The van der Waals surface area contributed by atoms with E-state index in [1.807, 2.05) is 11.8 Å². The molecule has 2 rings (SSSR count). The first-order chi connectivity index (χ1) is 8.41. The van der Waals surface area contributed by atoms with Crippen LogP contribution >= 0.6 is 0 Å². The number of β-amino-alcohol motifs (C(OH)–C–C–N with tert-alkyl or cyclic N) is 1. The van der Waals surface area contributed by atoms with Gasteiger partial charge in [0.15, 0.2) is 0 Å². The van der Waals surface area contributed by atoms with Crippen LogP contribution in [-0.2, 0) is 0 Å². The van der Waals surface area contributed by atoms with Gasteiger partial charge in [-0.25, -0.2) is 0 Å². The van der Waals surface area contributed by atoms with Gasteiger partial charge < -0.3 is 14.7 Å². The Balaban J connectivity index is 2.26. The lowest BCUT2D eigenvalue weighted by Crippen LogP contribution is -2.60. The van der Waals surface area contributed by atoms with Crippen molar-refractivity contribution in [2.45, 2.75) is 19.4 Å². The summed E-state index contributed by atoms with van der Waals surface area (Å²) >= 11 is 0. The summed E-state index contributed by atoms with van der Waals surface area (Å²) in [6.07, 6.45) is 0. The van der Waals surface area contributed by atoms with E-state index in [9.17, 15) is 15.2 Å². The third kappa shape index (κ3) is 2.53. The van der Waals surface area contributed by atoms with E-state index < -0.39 is 10.5 Å². The number of hydrogen-bond donors (Lipinski definition) is 1. The van der Waals surface area contributed by atoms with Crippen LogP contribution in [0, 0.1) is 10.1 Å². The molecule has 0 unspecified atom stereocenters. The molecular weight excluding hydrogens is 236 g/mol. The molecule has 1 heterocycles. The second-order valence-corrected chi connectivity index (χ2v) is 4.73. The molecule has 0 radical (unpaired) electrons. The Kier molecular flexibility index (Phi) is 3.13. The van der Waals surface area contributed by atoms with Crippen molar-refractivity contribution in [2.24, 2.45) is 0 Å². The van der Waals surface area contributed by atoms with Gasteiger partial charge >= 0.3 is 0 Å². The Morgan fingerprint density at radius 2 is 2.17 bits per heavy atom. The molecule has 1 aliphatic rings. The summed E-state index contributed by atoms with van der Waals surface area (Å²) < 4.78 is 5.31. The minimum atomic E-state index is -0.712. The molecule has 1 saturated heterocycles. The summed E-state index contributed by atoms with van der Waals surface area (Å²) in [7, 11) is 0. The van der Waals surface area contributed by atoms with Crippen LogP contribution in [0.2, 0.25) is 0 Å². The van der Waals surface area contributed by atoms with Gasteiger partial charge in [-0.2, -0.15) is 0 Å². The predicted octanol–water partition coefficient (Wildman–Crippen LogP) is 1.56. The van der Waals surface area contributed by atoms with Crippen molar-refractivity contribution in [2.75, 3.05) is 24.6 Å². The molecule has 0 aromatic heterocycles. The monoisotopic (exact) mass is 252 g/mol. The van der Waals surface area contributed by atoms with Gasteiger partial charge in [-0.15, -0.1) is 0 Å². The van der Waals surface area contributed by atoms with E-state index in [2.05, 4.69) is 0 Å². The minimum Gasteiger partial charge on any atom is -0.494 e. The lowest BCUT2D eigenvalue weighted by Gasteiger charge is -2.45. The average molecular weight is 252 g/mol. The number of non-ortho nitro benzene ring substituents is 1. The fourth-order valence-corrected chi connectivity index (χ4v) is 2.06. The lowest BCUT2D eigenvalue weighted by molar-refractivity contribution is -0.384. The molecule has 0 saturated carbocycles. The number of ether oxygens (including phenoxy) is 1. The fraction of sp³-hybridized carbons (Fsp3) is 0.500. The molecule has 1 aliphatic heterocycles. The van der Waals surface area contributed by atoms with Gasteiger partial charge in [0.2, 0.25) is 0 Å². The smallest absolute Gasteiger partial charge is 0.275 e. The second-order valence-electron chi connectivity index (χ2n) is 4.73. The molecule has 6 heteroatoms. The molecule has 1 aromatic rings. The molecular formula is C12H16N2O4. The van der Waals surface area contributed by atoms with Gasteiger partial charge in [-0.05, 0) is 13.8 Å². The fourth-order valence-electron chi connectivity index (χ4n) is 2.06. The molecule has 18 heavy (non-hydrogen) atoms. The standard InChI is InChI=1S/C12H16N2O4/c1-3-18-11-5-9(4-10(6-11)14(16)17)13-7-12(2,15)8-13/h4-6,15H,3,7-8H2,1-2H3. The highest BCUT2D eigenvalue weighted by Gasteiger charge is 2.37. The van der Waals surface area contributed by atoms with Gasteiger partial charge in [0.05, 0.1) is 23.2 Å². The number of anilines is 1. The Morgan fingerprint density at radius 1 is 1.50 bits per heavy atom. The SMILES string of the molecule is CCOc1cc(N2CC(C)(O)C2)cc([N+](=O)[O-])c1. The van der Waals surface area contributed by atoms with Crippen LogP contribution in [0.4, 0.5) is 11.4 Å². The lowest BCUT2D eigenvalue weighted by atomic mass is 9.96. The van der Waals surface area contributed by atoms with Crippen molar-refractivity contribution in [3.63, 3.8) is 0 Å². The summed E-state index contributed by atoms with van der Waals surface area (Å²) in [4.78, 5) is 12.3. The first-order valence-electron chi connectivity index (χ1n) is 5.81. The van der Waals surface area contributed by atoms with Crippen LogP contribution in [-0.4, -0.2) is 35.3 Å². The maximum atomic E-state index is 10.8. The number of hydrogen-bond acceptors (Lipinski definition) is 5. The van der Waals surface area contributed by atoms with E-state index in [-0.39, 0.29) is 5.69 Å². The molecule has 1 N–H and O–H groups in total. The number of aliphatic hydroxyl groups is 1. The highest BCUT2D eigenvalue weighted by Crippen LogP contribution is 2.33. The molecule has 0 atom stereocenters. The molecule has 98 valence electrons. The average Bonchev–Trinajstić information content (AvgIpc) is 2.25. The number of rotatable bonds is 4. The number of nitro benzene ring substituents is 1. The normalized spacial score (nSPS) is 17.2. The van der Waals surface area contributed by atoms with Crippen LogP contribution in [0.5, 0.6) is 5.75 Å². The maximum Gasteiger partial charge on any atom is 0.275 e. The van der Waals surface area contributed by atoms with E-state index in [0.717, 1.165) is 0 Å². The zero-order valence-corrected chi connectivity index (χ0v) is 10.4. The molecule has 1 aromatic carbocycles. The first kappa shape index (κ1) is 12.6.